The minimum Gasteiger partial charge on any atom is -0.466 e. The predicted octanol–water partition coefficient (Wildman–Crippen LogP) is 3.47. The van der Waals surface area contributed by atoms with E-state index in [0.29, 0.717) is 31.6 Å². The average Bonchev–Trinajstić information content (AvgIpc) is 2.73. The molecule has 0 saturated carbocycles. The van der Waals surface area contributed by atoms with Crippen LogP contribution in [-0.2, 0) is 9.53 Å². The molecule has 28 heavy (non-hydrogen) atoms. The summed E-state index contributed by atoms with van der Waals surface area (Å²) in [6.07, 6.45) is 1.38. The summed E-state index contributed by atoms with van der Waals surface area (Å²) in [5.41, 5.74) is 0.850. The molecule has 1 unspecified atom stereocenters. The van der Waals surface area contributed by atoms with E-state index >= 15 is 0 Å². The number of carbonyl (C=O) groups is 3. The second kappa shape index (κ2) is 8.78. The smallest absolute Gasteiger partial charge is 0.310 e. The van der Waals surface area contributed by atoms with Gasteiger partial charge in [0.2, 0.25) is 0 Å². The van der Waals surface area contributed by atoms with Crippen molar-refractivity contribution in [1.29, 1.82) is 0 Å². The van der Waals surface area contributed by atoms with E-state index in [1.165, 1.54) is 24.3 Å². The molecule has 1 aliphatic rings. The van der Waals surface area contributed by atoms with Crippen molar-refractivity contribution in [2.75, 3.05) is 19.7 Å². The van der Waals surface area contributed by atoms with E-state index in [1.54, 1.807) is 36.1 Å². The van der Waals surface area contributed by atoms with E-state index in [-0.39, 0.29) is 41.2 Å². The van der Waals surface area contributed by atoms with E-state index in [9.17, 15) is 18.8 Å². The second-order valence-electron chi connectivity index (χ2n) is 6.72. The molecule has 0 aliphatic carbocycles. The summed E-state index contributed by atoms with van der Waals surface area (Å²) >= 11 is 0. The van der Waals surface area contributed by atoms with Crippen LogP contribution in [-0.4, -0.2) is 42.3 Å². The van der Waals surface area contributed by atoms with E-state index in [0.717, 1.165) is 0 Å². The minimum atomic E-state index is -0.431. The monoisotopic (exact) mass is 383 g/mol. The third-order valence-corrected chi connectivity index (χ3v) is 4.84. The number of halogens is 1. The van der Waals surface area contributed by atoms with Crippen molar-refractivity contribution in [3.8, 4) is 0 Å². The molecule has 2 aromatic carbocycles. The molecule has 2 aromatic rings. The Morgan fingerprint density at radius 1 is 1.07 bits per heavy atom. The standard InChI is InChI=1S/C22H22FNO4/c1-2-28-22(27)16-6-5-13-24(14-16)21(26)19-8-4-3-7-18(19)20(25)15-9-11-17(23)12-10-15/h3-4,7-12,16H,2,5-6,13-14H2,1H3. The van der Waals surface area contributed by atoms with Crippen molar-refractivity contribution in [2.24, 2.45) is 5.92 Å². The fraction of sp³-hybridized carbons (Fsp3) is 0.318. The normalized spacial score (nSPS) is 16.5. The molecule has 3 rings (SSSR count). The third kappa shape index (κ3) is 4.27. The highest BCUT2D eigenvalue weighted by atomic mass is 19.1. The number of benzene rings is 2. The van der Waals surface area contributed by atoms with Gasteiger partial charge < -0.3 is 9.64 Å². The summed E-state index contributed by atoms with van der Waals surface area (Å²) in [6, 6.07) is 11.8. The molecule has 146 valence electrons. The molecule has 0 spiro atoms. The van der Waals surface area contributed by atoms with Gasteiger partial charge in [-0.25, -0.2) is 4.39 Å². The number of amides is 1. The Labute approximate surface area is 163 Å². The highest BCUT2D eigenvalue weighted by molar-refractivity contribution is 6.15. The van der Waals surface area contributed by atoms with Gasteiger partial charge in [-0.15, -0.1) is 0 Å². The second-order valence-corrected chi connectivity index (χ2v) is 6.72. The van der Waals surface area contributed by atoms with Crippen LogP contribution in [0, 0.1) is 11.7 Å². The zero-order chi connectivity index (χ0) is 20.1. The molecule has 6 heteroatoms. The van der Waals surface area contributed by atoms with Gasteiger partial charge in [-0.2, -0.15) is 0 Å². The topological polar surface area (TPSA) is 63.7 Å². The van der Waals surface area contributed by atoms with Crippen LogP contribution in [0.5, 0.6) is 0 Å². The molecule has 1 amide bonds. The zero-order valence-electron chi connectivity index (χ0n) is 15.7. The van der Waals surface area contributed by atoms with Gasteiger partial charge >= 0.3 is 5.97 Å². The number of carbonyl (C=O) groups excluding carboxylic acids is 3. The molecule has 0 aromatic heterocycles. The summed E-state index contributed by atoms with van der Waals surface area (Å²) in [4.78, 5) is 39.6. The number of hydrogen-bond donors (Lipinski definition) is 0. The van der Waals surface area contributed by atoms with Crippen molar-refractivity contribution >= 4 is 17.7 Å². The van der Waals surface area contributed by atoms with Gasteiger partial charge in [0, 0.05) is 24.2 Å². The van der Waals surface area contributed by atoms with Gasteiger partial charge in [-0.3, -0.25) is 14.4 Å². The average molecular weight is 383 g/mol. The summed E-state index contributed by atoms with van der Waals surface area (Å²) in [7, 11) is 0. The van der Waals surface area contributed by atoms with E-state index in [4.69, 9.17) is 4.74 Å². The van der Waals surface area contributed by atoms with E-state index < -0.39 is 5.82 Å². The third-order valence-electron chi connectivity index (χ3n) is 4.84. The van der Waals surface area contributed by atoms with Gasteiger partial charge in [-0.1, -0.05) is 18.2 Å². The van der Waals surface area contributed by atoms with Crippen molar-refractivity contribution < 1.29 is 23.5 Å². The maximum atomic E-state index is 13.1. The van der Waals surface area contributed by atoms with Crippen LogP contribution in [0.4, 0.5) is 4.39 Å². The Morgan fingerprint density at radius 3 is 2.43 bits per heavy atom. The molecule has 5 nitrogen and oxygen atoms in total. The largest absolute Gasteiger partial charge is 0.466 e. The lowest BCUT2D eigenvalue weighted by Gasteiger charge is -2.32. The number of hydrogen-bond acceptors (Lipinski definition) is 4. The lowest BCUT2D eigenvalue weighted by molar-refractivity contribution is -0.149. The van der Waals surface area contributed by atoms with Crippen LogP contribution >= 0.6 is 0 Å². The molecular formula is C22H22FNO4. The molecule has 1 atom stereocenters. The lowest BCUT2D eigenvalue weighted by Crippen LogP contribution is -2.43. The quantitative estimate of drug-likeness (QED) is 0.586. The van der Waals surface area contributed by atoms with Crippen molar-refractivity contribution in [3.05, 3.63) is 71.0 Å². The molecular weight excluding hydrogens is 361 g/mol. The fourth-order valence-corrected chi connectivity index (χ4v) is 3.41. The number of piperidine rings is 1. The summed E-state index contributed by atoms with van der Waals surface area (Å²) < 4.78 is 18.2. The zero-order valence-corrected chi connectivity index (χ0v) is 15.7. The number of likely N-dealkylation sites (tertiary alicyclic amines) is 1. The first kappa shape index (κ1) is 19.7. The maximum absolute atomic E-state index is 13.1. The van der Waals surface area contributed by atoms with Crippen LogP contribution in [0.15, 0.2) is 48.5 Å². The number of ketones is 1. The molecule has 1 aliphatic heterocycles. The highest BCUT2D eigenvalue weighted by Gasteiger charge is 2.31. The highest BCUT2D eigenvalue weighted by Crippen LogP contribution is 2.22. The van der Waals surface area contributed by atoms with Gasteiger partial charge in [0.1, 0.15) is 5.82 Å². The van der Waals surface area contributed by atoms with E-state index in [1.807, 2.05) is 0 Å². The maximum Gasteiger partial charge on any atom is 0.310 e. The first-order valence-corrected chi connectivity index (χ1v) is 9.36. The molecule has 0 radical (unpaired) electrons. The Bertz CT molecular complexity index is 878. The predicted molar refractivity (Wildman–Crippen MR) is 102 cm³/mol. The van der Waals surface area contributed by atoms with E-state index in [2.05, 4.69) is 0 Å². The number of ether oxygens (including phenoxy) is 1. The van der Waals surface area contributed by atoms with Gasteiger partial charge in [0.15, 0.2) is 5.78 Å². The van der Waals surface area contributed by atoms with Crippen molar-refractivity contribution in [3.63, 3.8) is 0 Å². The number of nitrogens with zero attached hydrogens (tertiary/aromatic N) is 1. The van der Waals surface area contributed by atoms with Crippen LogP contribution < -0.4 is 0 Å². The van der Waals surface area contributed by atoms with Gasteiger partial charge in [-0.05, 0) is 50.1 Å². The Hall–Kier alpha value is -3.02. The van der Waals surface area contributed by atoms with Gasteiger partial charge in [0.05, 0.1) is 18.1 Å². The van der Waals surface area contributed by atoms with Crippen LogP contribution in [0.1, 0.15) is 46.0 Å². The fourth-order valence-electron chi connectivity index (χ4n) is 3.41. The number of rotatable bonds is 5. The Kier molecular flexibility index (Phi) is 6.19. The van der Waals surface area contributed by atoms with Crippen molar-refractivity contribution in [1.82, 2.24) is 4.90 Å². The first-order chi connectivity index (χ1) is 13.5. The lowest BCUT2D eigenvalue weighted by atomic mass is 9.94. The van der Waals surface area contributed by atoms with Crippen LogP contribution in [0.3, 0.4) is 0 Å². The Balaban J connectivity index is 1.83. The number of esters is 1. The minimum absolute atomic E-state index is 0.261. The molecule has 0 bridgehead atoms. The summed E-state index contributed by atoms with van der Waals surface area (Å²) in [5, 5.41) is 0. The van der Waals surface area contributed by atoms with Gasteiger partial charge in [0.25, 0.3) is 5.91 Å². The SMILES string of the molecule is CCOC(=O)C1CCCN(C(=O)c2ccccc2C(=O)c2ccc(F)cc2)C1. The Morgan fingerprint density at radius 2 is 1.75 bits per heavy atom. The summed E-state index contributed by atoms with van der Waals surface area (Å²) in [6.45, 7) is 2.85. The molecule has 1 fully saturated rings. The molecule has 1 saturated heterocycles. The van der Waals surface area contributed by atoms with Crippen LogP contribution in [0.2, 0.25) is 0 Å². The molecule has 0 N–H and O–H groups in total. The van der Waals surface area contributed by atoms with Crippen LogP contribution in [0.25, 0.3) is 0 Å². The first-order valence-electron chi connectivity index (χ1n) is 9.36. The van der Waals surface area contributed by atoms with Crippen molar-refractivity contribution in [2.45, 2.75) is 19.8 Å². The summed E-state index contributed by atoms with van der Waals surface area (Å²) in [5.74, 6) is -1.71. The molecule has 1 heterocycles.